The summed E-state index contributed by atoms with van der Waals surface area (Å²) in [5.74, 6) is -0.104. The first kappa shape index (κ1) is 15.1. The van der Waals surface area contributed by atoms with Gasteiger partial charge in [0, 0.05) is 15.9 Å². The van der Waals surface area contributed by atoms with Crippen molar-refractivity contribution in [2.24, 2.45) is 0 Å². The summed E-state index contributed by atoms with van der Waals surface area (Å²) in [5, 5.41) is 2.92. The van der Waals surface area contributed by atoms with Gasteiger partial charge in [0.1, 0.15) is 0 Å². The molecular formula is C16H16BrNOS. The Morgan fingerprint density at radius 1 is 1.15 bits per heavy atom. The van der Waals surface area contributed by atoms with Crippen LogP contribution >= 0.6 is 28.6 Å². The van der Waals surface area contributed by atoms with Gasteiger partial charge in [0.2, 0.25) is 0 Å². The number of nitrogens with one attached hydrogen (secondary N) is 1. The predicted molar refractivity (Wildman–Crippen MR) is 88.4 cm³/mol. The molecule has 0 aromatic heterocycles. The monoisotopic (exact) mass is 349 g/mol. The molecule has 0 aliphatic carbocycles. The Hall–Kier alpha value is -1.26. The minimum absolute atomic E-state index is 0.104. The van der Waals surface area contributed by atoms with E-state index in [9.17, 15) is 4.79 Å². The first-order valence-electron chi connectivity index (χ1n) is 6.44. The molecule has 0 radical (unpaired) electrons. The van der Waals surface area contributed by atoms with Crippen molar-refractivity contribution in [3.63, 3.8) is 0 Å². The number of rotatable bonds is 4. The normalized spacial score (nSPS) is 10.3. The lowest BCUT2D eigenvalue weighted by Gasteiger charge is -2.08. The highest BCUT2D eigenvalue weighted by molar-refractivity contribution is 9.10. The summed E-state index contributed by atoms with van der Waals surface area (Å²) < 4.78 is 0.772. The number of carbonyl (C=O) groups is 1. The molecule has 0 atom stereocenters. The second kappa shape index (κ2) is 6.95. The molecule has 1 N–H and O–H groups in total. The van der Waals surface area contributed by atoms with E-state index in [0.717, 1.165) is 21.4 Å². The Balaban J connectivity index is 2.02. The number of carbonyl (C=O) groups excluding carboxylic acids is 1. The van der Waals surface area contributed by atoms with Gasteiger partial charge in [0.25, 0.3) is 5.91 Å². The molecule has 2 aromatic carbocycles. The molecule has 0 heterocycles. The third kappa shape index (κ3) is 3.87. The van der Waals surface area contributed by atoms with E-state index in [1.807, 2.05) is 24.3 Å². The van der Waals surface area contributed by atoms with E-state index in [1.165, 1.54) is 5.56 Å². The lowest BCUT2D eigenvalue weighted by Crippen LogP contribution is -2.23. The lowest BCUT2D eigenvalue weighted by molar-refractivity contribution is 0.0950. The van der Waals surface area contributed by atoms with Crippen LogP contribution in [0.5, 0.6) is 0 Å². The van der Waals surface area contributed by atoms with Crippen LogP contribution in [-0.4, -0.2) is 5.91 Å². The lowest BCUT2D eigenvalue weighted by atomic mass is 10.1. The molecule has 0 saturated carbocycles. The van der Waals surface area contributed by atoms with Gasteiger partial charge in [-0.15, -0.1) is 12.6 Å². The van der Waals surface area contributed by atoms with Gasteiger partial charge in [0.05, 0.1) is 5.56 Å². The number of benzene rings is 2. The quantitative estimate of drug-likeness (QED) is 0.794. The molecule has 0 aliphatic heterocycles. The fraction of sp³-hybridized carbons (Fsp3) is 0.188. The molecular weight excluding hydrogens is 334 g/mol. The second-order valence-electron chi connectivity index (χ2n) is 4.52. The smallest absolute Gasteiger partial charge is 0.252 e. The van der Waals surface area contributed by atoms with Gasteiger partial charge in [-0.2, -0.15) is 0 Å². The Labute approximate surface area is 133 Å². The SMILES string of the molecule is CCc1ccc(CNC(=O)c2cc(S)ccc2Br)cc1. The predicted octanol–water partition coefficient (Wildman–Crippen LogP) is 4.23. The molecule has 104 valence electrons. The number of amides is 1. The summed E-state index contributed by atoms with van der Waals surface area (Å²) in [6, 6.07) is 13.7. The van der Waals surface area contributed by atoms with Crippen molar-refractivity contribution in [2.45, 2.75) is 24.8 Å². The van der Waals surface area contributed by atoms with Gasteiger partial charge in [-0.1, -0.05) is 31.2 Å². The van der Waals surface area contributed by atoms with Crippen molar-refractivity contribution in [2.75, 3.05) is 0 Å². The topological polar surface area (TPSA) is 29.1 Å². The Morgan fingerprint density at radius 3 is 2.45 bits per heavy atom. The number of thiol groups is 1. The zero-order chi connectivity index (χ0) is 14.5. The molecule has 2 rings (SSSR count). The molecule has 0 bridgehead atoms. The molecule has 0 fully saturated rings. The summed E-state index contributed by atoms with van der Waals surface area (Å²) in [4.78, 5) is 12.9. The van der Waals surface area contributed by atoms with Crippen LogP contribution in [0.2, 0.25) is 0 Å². The van der Waals surface area contributed by atoms with E-state index in [2.05, 4.69) is 52.9 Å². The largest absolute Gasteiger partial charge is 0.348 e. The third-order valence-electron chi connectivity index (χ3n) is 3.08. The average Bonchev–Trinajstić information content (AvgIpc) is 2.47. The van der Waals surface area contributed by atoms with Crippen molar-refractivity contribution >= 4 is 34.5 Å². The summed E-state index contributed by atoms with van der Waals surface area (Å²) in [5.41, 5.74) is 2.99. The zero-order valence-corrected chi connectivity index (χ0v) is 13.7. The highest BCUT2D eigenvalue weighted by atomic mass is 79.9. The first-order valence-corrected chi connectivity index (χ1v) is 7.68. The number of halogens is 1. The van der Waals surface area contributed by atoms with Crippen molar-refractivity contribution in [3.05, 3.63) is 63.6 Å². The van der Waals surface area contributed by atoms with Crippen molar-refractivity contribution < 1.29 is 4.79 Å². The van der Waals surface area contributed by atoms with Crippen LogP contribution < -0.4 is 5.32 Å². The molecule has 2 nitrogen and oxygen atoms in total. The van der Waals surface area contributed by atoms with E-state index in [-0.39, 0.29) is 5.91 Å². The second-order valence-corrected chi connectivity index (χ2v) is 5.89. The van der Waals surface area contributed by atoms with Gasteiger partial charge in [-0.05, 0) is 51.7 Å². The molecule has 4 heteroatoms. The molecule has 0 aliphatic rings. The van der Waals surface area contributed by atoms with Gasteiger partial charge < -0.3 is 5.32 Å². The van der Waals surface area contributed by atoms with Gasteiger partial charge in [-0.25, -0.2) is 0 Å². The fourth-order valence-electron chi connectivity index (χ4n) is 1.86. The van der Waals surface area contributed by atoms with Crippen LogP contribution in [0.4, 0.5) is 0 Å². The van der Waals surface area contributed by atoms with Crippen LogP contribution in [0, 0.1) is 0 Å². The highest BCUT2D eigenvalue weighted by Crippen LogP contribution is 2.20. The van der Waals surface area contributed by atoms with Gasteiger partial charge >= 0.3 is 0 Å². The molecule has 20 heavy (non-hydrogen) atoms. The van der Waals surface area contributed by atoms with Gasteiger partial charge in [0.15, 0.2) is 0 Å². The fourth-order valence-corrected chi connectivity index (χ4v) is 2.49. The summed E-state index contributed by atoms with van der Waals surface area (Å²) in [6.07, 6.45) is 1.02. The summed E-state index contributed by atoms with van der Waals surface area (Å²) in [7, 11) is 0. The molecule has 0 unspecified atom stereocenters. The summed E-state index contributed by atoms with van der Waals surface area (Å²) >= 11 is 7.64. The first-order chi connectivity index (χ1) is 9.60. The van der Waals surface area contributed by atoms with Crippen LogP contribution in [0.1, 0.15) is 28.4 Å². The van der Waals surface area contributed by atoms with Crippen LogP contribution in [0.25, 0.3) is 0 Å². The Morgan fingerprint density at radius 2 is 1.80 bits per heavy atom. The Kier molecular flexibility index (Phi) is 5.26. The Bertz CT molecular complexity index is 610. The van der Waals surface area contributed by atoms with Crippen LogP contribution in [-0.2, 0) is 13.0 Å². The molecule has 1 amide bonds. The third-order valence-corrected chi connectivity index (χ3v) is 4.05. The maximum absolute atomic E-state index is 12.1. The van der Waals surface area contributed by atoms with Crippen LogP contribution in [0.3, 0.4) is 0 Å². The molecule has 0 saturated heterocycles. The minimum Gasteiger partial charge on any atom is -0.348 e. The number of hydrogen-bond donors (Lipinski definition) is 2. The number of hydrogen-bond acceptors (Lipinski definition) is 2. The van der Waals surface area contributed by atoms with E-state index < -0.39 is 0 Å². The van der Waals surface area contributed by atoms with E-state index >= 15 is 0 Å². The number of aryl methyl sites for hydroxylation is 1. The minimum atomic E-state index is -0.104. The zero-order valence-electron chi connectivity index (χ0n) is 11.2. The maximum Gasteiger partial charge on any atom is 0.252 e. The van der Waals surface area contributed by atoms with Crippen molar-refractivity contribution in [1.29, 1.82) is 0 Å². The van der Waals surface area contributed by atoms with E-state index in [0.29, 0.717) is 12.1 Å². The molecule has 2 aromatic rings. The van der Waals surface area contributed by atoms with E-state index in [4.69, 9.17) is 0 Å². The van der Waals surface area contributed by atoms with Crippen molar-refractivity contribution in [1.82, 2.24) is 5.32 Å². The average molecular weight is 350 g/mol. The van der Waals surface area contributed by atoms with Crippen LogP contribution in [0.15, 0.2) is 51.8 Å². The maximum atomic E-state index is 12.1. The van der Waals surface area contributed by atoms with E-state index in [1.54, 1.807) is 6.07 Å². The van der Waals surface area contributed by atoms with Gasteiger partial charge in [-0.3, -0.25) is 4.79 Å². The standard InChI is InChI=1S/C16H16BrNOS/c1-2-11-3-5-12(6-4-11)10-18-16(19)14-9-13(20)7-8-15(14)17/h3-9,20H,2,10H2,1H3,(H,18,19). The molecule has 0 spiro atoms. The highest BCUT2D eigenvalue weighted by Gasteiger charge is 2.09. The summed E-state index contributed by atoms with van der Waals surface area (Å²) in [6.45, 7) is 2.64. The van der Waals surface area contributed by atoms with Crippen molar-refractivity contribution in [3.8, 4) is 0 Å².